The standard InChI is InChI=1S/C13H11F6NO2/c14-12(15,16)11(21)9-7-8(22-13(17,18)19)3-4-10(9)20-5-1-2-6-20/h3-4,7H,1-2,5-6H2. The Morgan fingerprint density at radius 3 is 2.14 bits per heavy atom. The Bertz CT molecular complexity index is 561. The van der Waals surface area contributed by atoms with Crippen LogP contribution in [0.2, 0.25) is 0 Å². The minimum atomic E-state index is -5.18. The van der Waals surface area contributed by atoms with Crippen LogP contribution in [-0.2, 0) is 0 Å². The number of carbonyl (C=O) groups is 1. The fourth-order valence-electron chi connectivity index (χ4n) is 2.28. The molecule has 0 aromatic heterocycles. The van der Waals surface area contributed by atoms with E-state index in [2.05, 4.69) is 4.74 Å². The van der Waals surface area contributed by atoms with E-state index in [1.165, 1.54) is 4.90 Å². The number of alkyl halides is 6. The predicted molar refractivity (Wildman–Crippen MR) is 65.0 cm³/mol. The lowest BCUT2D eigenvalue weighted by Crippen LogP contribution is -2.27. The molecule has 1 aliphatic rings. The lowest BCUT2D eigenvalue weighted by Gasteiger charge is -2.22. The zero-order valence-corrected chi connectivity index (χ0v) is 11.1. The minimum Gasteiger partial charge on any atom is -0.406 e. The van der Waals surface area contributed by atoms with Crippen LogP contribution in [-0.4, -0.2) is 31.4 Å². The summed E-state index contributed by atoms with van der Waals surface area (Å²) in [6.45, 7) is 0.884. The van der Waals surface area contributed by atoms with Crippen molar-refractivity contribution in [3.8, 4) is 5.75 Å². The monoisotopic (exact) mass is 327 g/mol. The van der Waals surface area contributed by atoms with Gasteiger partial charge in [0.15, 0.2) is 0 Å². The molecule has 22 heavy (non-hydrogen) atoms. The molecule has 3 nitrogen and oxygen atoms in total. The summed E-state index contributed by atoms with van der Waals surface area (Å²) in [5, 5.41) is 0. The summed E-state index contributed by atoms with van der Waals surface area (Å²) in [6.07, 6.45) is -8.75. The van der Waals surface area contributed by atoms with Gasteiger partial charge in [0.1, 0.15) is 5.75 Å². The molecule has 1 aromatic rings. The van der Waals surface area contributed by atoms with E-state index >= 15 is 0 Å². The second kappa shape index (κ2) is 5.69. The number of carbonyl (C=O) groups excluding carboxylic acids is 1. The van der Waals surface area contributed by atoms with Gasteiger partial charge < -0.3 is 9.64 Å². The zero-order chi connectivity index (χ0) is 16.5. The maximum Gasteiger partial charge on any atom is 0.573 e. The van der Waals surface area contributed by atoms with Crippen LogP contribution in [0.1, 0.15) is 23.2 Å². The van der Waals surface area contributed by atoms with E-state index in [1.54, 1.807) is 0 Å². The molecule has 122 valence electrons. The van der Waals surface area contributed by atoms with Gasteiger partial charge in [-0.3, -0.25) is 4.79 Å². The molecule has 0 aliphatic carbocycles. The third kappa shape index (κ3) is 3.83. The van der Waals surface area contributed by atoms with E-state index in [0.717, 1.165) is 25.0 Å². The van der Waals surface area contributed by atoms with Crippen molar-refractivity contribution in [3.05, 3.63) is 23.8 Å². The third-order valence-corrected chi connectivity index (χ3v) is 3.15. The summed E-state index contributed by atoms with van der Waals surface area (Å²) in [7, 11) is 0. The third-order valence-electron chi connectivity index (χ3n) is 3.15. The maximum absolute atomic E-state index is 12.6. The quantitative estimate of drug-likeness (QED) is 0.622. The van der Waals surface area contributed by atoms with Gasteiger partial charge in [-0.1, -0.05) is 0 Å². The Morgan fingerprint density at radius 2 is 1.64 bits per heavy atom. The molecule has 2 rings (SSSR count). The highest BCUT2D eigenvalue weighted by Gasteiger charge is 2.42. The normalized spacial score (nSPS) is 16.0. The molecule has 0 bridgehead atoms. The number of benzene rings is 1. The van der Waals surface area contributed by atoms with Crippen molar-refractivity contribution in [2.24, 2.45) is 0 Å². The van der Waals surface area contributed by atoms with Gasteiger partial charge in [0.25, 0.3) is 5.78 Å². The van der Waals surface area contributed by atoms with Crippen LogP contribution in [0.5, 0.6) is 5.75 Å². The van der Waals surface area contributed by atoms with Crippen molar-refractivity contribution in [1.82, 2.24) is 0 Å². The van der Waals surface area contributed by atoms with Crippen LogP contribution in [0, 0.1) is 0 Å². The van der Waals surface area contributed by atoms with E-state index in [-0.39, 0.29) is 5.69 Å². The van der Waals surface area contributed by atoms with E-state index in [0.29, 0.717) is 19.2 Å². The van der Waals surface area contributed by atoms with Crippen LogP contribution in [0.4, 0.5) is 32.0 Å². The molecule has 9 heteroatoms. The number of ether oxygens (including phenoxy) is 1. The van der Waals surface area contributed by atoms with Crippen LogP contribution >= 0.6 is 0 Å². The zero-order valence-electron chi connectivity index (χ0n) is 11.1. The number of hydrogen-bond donors (Lipinski definition) is 0. The summed E-state index contributed by atoms with van der Waals surface area (Å²) in [5.74, 6) is -3.05. The molecule has 0 spiro atoms. The number of ketones is 1. The summed E-state index contributed by atoms with van der Waals surface area (Å²) >= 11 is 0. The molecule has 1 saturated heterocycles. The van der Waals surface area contributed by atoms with Gasteiger partial charge in [0.05, 0.1) is 5.56 Å². The summed E-state index contributed by atoms with van der Waals surface area (Å²) < 4.78 is 78.0. The van der Waals surface area contributed by atoms with Gasteiger partial charge in [0, 0.05) is 18.8 Å². The highest BCUT2D eigenvalue weighted by atomic mass is 19.4. The first kappa shape index (κ1) is 16.4. The Kier molecular flexibility index (Phi) is 4.25. The highest BCUT2D eigenvalue weighted by Crippen LogP contribution is 2.34. The number of rotatable bonds is 3. The van der Waals surface area contributed by atoms with E-state index in [4.69, 9.17) is 0 Å². The first-order valence-corrected chi connectivity index (χ1v) is 6.34. The molecule has 0 atom stereocenters. The van der Waals surface area contributed by atoms with Crippen molar-refractivity contribution in [2.75, 3.05) is 18.0 Å². The van der Waals surface area contributed by atoms with E-state index in [9.17, 15) is 31.1 Å². The van der Waals surface area contributed by atoms with Gasteiger partial charge in [-0.25, -0.2) is 0 Å². The van der Waals surface area contributed by atoms with Crippen molar-refractivity contribution in [3.63, 3.8) is 0 Å². The summed E-state index contributed by atoms with van der Waals surface area (Å²) in [6, 6.07) is 2.43. The SMILES string of the molecule is O=C(c1cc(OC(F)(F)F)ccc1N1CCCC1)C(F)(F)F. The number of Topliss-reactive ketones (excluding diaryl/α,β-unsaturated/α-hetero) is 1. The fourth-order valence-corrected chi connectivity index (χ4v) is 2.28. The Balaban J connectivity index is 2.43. The van der Waals surface area contributed by atoms with Gasteiger partial charge in [-0.15, -0.1) is 13.2 Å². The molecule has 1 fully saturated rings. The molecule has 1 aromatic carbocycles. The Labute approximate surface area is 121 Å². The van der Waals surface area contributed by atoms with Crippen LogP contribution < -0.4 is 9.64 Å². The van der Waals surface area contributed by atoms with Gasteiger partial charge in [-0.2, -0.15) is 13.2 Å². The molecule has 0 N–H and O–H groups in total. The predicted octanol–water partition coefficient (Wildman–Crippen LogP) is 3.93. The van der Waals surface area contributed by atoms with Crippen molar-refractivity contribution < 1.29 is 35.9 Å². The maximum atomic E-state index is 12.6. The van der Waals surface area contributed by atoms with Crippen LogP contribution in [0.15, 0.2) is 18.2 Å². The molecular formula is C13H11F6NO2. The fraction of sp³-hybridized carbons (Fsp3) is 0.462. The number of halogens is 6. The van der Waals surface area contributed by atoms with Crippen LogP contribution in [0.3, 0.4) is 0 Å². The van der Waals surface area contributed by atoms with Gasteiger partial charge >= 0.3 is 12.5 Å². The average molecular weight is 327 g/mol. The van der Waals surface area contributed by atoms with Crippen molar-refractivity contribution >= 4 is 11.5 Å². The Morgan fingerprint density at radius 1 is 1.05 bits per heavy atom. The summed E-state index contributed by atoms with van der Waals surface area (Å²) in [5.41, 5.74) is -0.870. The smallest absolute Gasteiger partial charge is 0.406 e. The lowest BCUT2D eigenvalue weighted by atomic mass is 10.1. The van der Waals surface area contributed by atoms with Crippen molar-refractivity contribution in [1.29, 1.82) is 0 Å². The number of hydrogen-bond acceptors (Lipinski definition) is 3. The minimum absolute atomic E-state index is 0.0330. The van der Waals surface area contributed by atoms with Crippen molar-refractivity contribution in [2.45, 2.75) is 25.4 Å². The number of anilines is 1. The van der Waals surface area contributed by atoms with Crippen LogP contribution in [0.25, 0.3) is 0 Å². The average Bonchev–Trinajstić information content (AvgIpc) is 2.88. The second-order valence-corrected chi connectivity index (χ2v) is 4.75. The molecule has 0 amide bonds. The van der Waals surface area contributed by atoms with E-state index < -0.39 is 29.6 Å². The molecule has 1 heterocycles. The first-order valence-electron chi connectivity index (χ1n) is 6.34. The first-order chi connectivity index (χ1) is 10.1. The van der Waals surface area contributed by atoms with E-state index in [1.807, 2.05) is 0 Å². The molecule has 0 radical (unpaired) electrons. The molecule has 1 aliphatic heterocycles. The summed E-state index contributed by atoms with van der Waals surface area (Å²) in [4.78, 5) is 13.0. The topological polar surface area (TPSA) is 29.5 Å². The lowest BCUT2D eigenvalue weighted by molar-refractivity contribution is -0.274. The molecular weight excluding hydrogens is 316 g/mol. The Hall–Kier alpha value is -1.93. The molecule has 0 saturated carbocycles. The van der Waals surface area contributed by atoms with Gasteiger partial charge in [0.2, 0.25) is 0 Å². The van der Waals surface area contributed by atoms with Gasteiger partial charge in [-0.05, 0) is 31.0 Å². The number of nitrogens with zero attached hydrogens (tertiary/aromatic N) is 1. The second-order valence-electron chi connectivity index (χ2n) is 4.75. The molecule has 0 unspecified atom stereocenters. The highest BCUT2D eigenvalue weighted by molar-refractivity contribution is 6.05. The largest absolute Gasteiger partial charge is 0.573 e.